The molecule has 1 heterocycles. The van der Waals surface area contributed by atoms with Gasteiger partial charge in [-0.25, -0.2) is 17.2 Å². The van der Waals surface area contributed by atoms with E-state index in [9.17, 15) is 22.0 Å². The Kier molecular flexibility index (Phi) is 5.58. The van der Waals surface area contributed by atoms with Gasteiger partial charge in [0.1, 0.15) is 11.6 Å². The van der Waals surface area contributed by atoms with Crippen LogP contribution in [0.15, 0.2) is 47.4 Å². The van der Waals surface area contributed by atoms with E-state index < -0.39 is 26.6 Å². The third kappa shape index (κ3) is 3.74. The molecule has 3 rings (SSSR count). The molecule has 1 aliphatic rings. The zero-order valence-electron chi connectivity index (χ0n) is 13.5. The van der Waals surface area contributed by atoms with E-state index in [1.54, 1.807) is 18.2 Å². The Balaban J connectivity index is 1.75. The van der Waals surface area contributed by atoms with Gasteiger partial charge in [0.25, 0.3) is 5.91 Å². The lowest BCUT2D eigenvalue weighted by Crippen LogP contribution is -2.50. The molecule has 1 saturated heterocycles. The fraction of sp³-hybridized carbons (Fsp3) is 0.235. The second-order valence-corrected chi connectivity index (χ2v) is 8.88. The molecule has 0 aliphatic carbocycles. The van der Waals surface area contributed by atoms with E-state index >= 15 is 0 Å². The van der Waals surface area contributed by atoms with Crippen LogP contribution >= 0.6 is 22.6 Å². The van der Waals surface area contributed by atoms with Gasteiger partial charge in [-0.15, -0.1) is 0 Å². The van der Waals surface area contributed by atoms with Crippen LogP contribution in [0.4, 0.5) is 8.78 Å². The van der Waals surface area contributed by atoms with E-state index in [1.807, 2.05) is 6.07 Å². The van der Waals surface area contributed by atoms with Crippen LogP contribution in [0.1, 0.15) is 10.4 Å². The molecule has 0 unspecified atom stereocenters. The maximum Gasteiger partial charge on any atom is 0.253 e. The average molecular weight is 492 g/mol. The van der Waals surface area contributed by atoms with Gasteiger partial charge in [0.15, 0.2) is 4.90 Å². The summed E-state index contributed by atoms with van der Waals surface area (Å²) in [5, 5.41) is 0. The predicted molar refractivity (Wildman–Crippen MR) is 100 cm³/mol. The van der Waals surface area contributed by atoms with Gasteiger partial charge in [-0.2, -0.15) is 4.31 Å². The van der Waals surface area contributed by atoms with Crippen LogP contribution in [0.5, 0.6) is 0 Å². The molecule has 138 valence electrons. The lowest BCUT2D eigenvalue weighted by Gasteiger charge is -2.34. The van der Waals surface area contributed by atoms with Crippen molar-refractivity contribution in [3.8, 4) is 0 Å². The van der Waals surface area contributed by atoms with Crippen LogP contribution in [0.25, 0.3) is 0 Å². The largest absolute Gasteiger partial charge is 0.336 e. The second-order valence-electron chi connectivity index (χ2n) is 5.76. The van der Waals surface area contributed by atoms with Crippen molar-refractivity contribution in [3.63, 3.8) is 0 Å². The number of piperazine rings is 1. The smallest absolute Gasteiger partial charge is 0.253 e. The summed E-state index contributed by atoms with van der Waals surface area (Å²) < 4.78 is 54.8. The highest BCUT2D eigenvalue weighted by atomic mass is 127. The van der Waals surface area contributed by atoms with Crippen molar-refractivity contribution in [3.05, 3.63) is 63.2 Å². The molecule has 1 fully saturated rings. The molecule has 2 aromatic rings. The molecule has 1 amide bonds. The third-order valence-electron chi connectivity index (χ3n) is 4.11. The molecule has 0 spiro atoms. The van der Waals surface area contributed by atoms with Crippen molar-refractivity contribution in [1.29, 1.82) is 0 Å². The van der Waals surface area contributed by atoms with Gasteiger partial charge in [-0.1, -0.05) is 12.1 Å². The molecule has 0 bridgehead atoms. The van der Waals surface area contributed by atoms with Crippen molar-refractivity contribution in [2.75, 3.05) is 26.2 Å². The summed E-state index contributed by atoms with van der Waals surface area (Å²) in [6, 6.07) is 10.0. The first kappa shape index (κ1) is 19.2. The zero-order chi connectivity index (χ0) is 18.9. The van der Waals surface area contributed by atoms with Gasteiger partial charge >= 0.3 is 0 Å². The van der Waals surface area contributed by atoms with Crippen molar-refractivity contribution >= 4 is 38.5 Å². The number of carbonyl (C=O) groups is 1. The lowest BCUT2D eigenvalue weighted by molar-refractivity contribution is 0.0697. The Morgan fingerprint density at radius 3 is 2.12 bits per heavy atom. The fourth-order valence-corrected chi connectivity index (χ4v) is 4.87. The minimum atomic E-state index is -4.30. The molecular formula is C17H15F2IN2O3S. The number of nitrogens with zero attached hydrogens (tertiary/aromatic N) is 2. The summed E-state index contributed by atoms with van der Waals surface area (Å²) in [5.41, 5.74) is 0.522. The van der Waals surface area contributed by atoms with Crippen molar-refractivity contribution in [2.24, 2.45) is 0 Å². The standard InChI is InChI=1S/C17H15F2IN2O3S/c18-14-5-2-6-15(19)16(14)26(24,25)22-9-7-21(8-10-22)17(23)12-3-1-4-13(20)11-12/h1-6,11H,7-10H2. The molecular weight excluding hydrogens is 477 g/mol. The van der Waals surface area contributed by atoms with Crippen molar-refractivity contribution in [2.45, 2.75) is 4.90 Å². The monoisotopic (exact) mass is 492 g/mol. The molecule has 1 aliphatic heterocycles. The first-order valence-corrected chi connectivity index (χ1v) is 10.3. The summed E-state index contributed by atoms with van der Waals surface area (Å²) in [5.74, 6) is -2.44. The SMILES string of the molecule is O=C(c1cccc(I)c1)N1CCN(S(=O)(=O)c2c(F)cccc2F)CC1. The normalized spacial score (nSPS) is 15.9. The van der Waals surface area contributed by atoms with Crippen LogP contribution in [0.3, 0.4) is 0 Å². The molecule has 0 atom stereocenters. The van der Waals surface area contributed by atoms with Gasteiger partial charge in [-0.05, 0) is 52.9 Å². The van der Waals surface area contributed by atoms with Crippen LogP contribution in [0.2, 0.25) is 0 Å². The van der Waals surface area contributed by atoms with E-state index in [1.165, 1.54) is 4.90 Å². The maximum atomic E-state index is 13.9. The summed E-state index contributed by atoms with van der Waals surface area (Å²) in [7, 11) is -4.30. The van der Waals surface area contributed by atoms with Crippen molar-refractivity contribution < 1.29 is 22.0 Å². The van der Waals surface area contributed by atoms with Crippen LogP contribution in [-0.2, 0) is 10.0 Å². The number of hydrogen-bond donors (Lipinski definition) is 0. The summed E-state index contributed by atoms with van der Waals surface area (Å²) in [6.07, 6.45) is 0. The van der Waals surface area contributed by atoms with Gasteiger partial charge in [-0.3, -0.25) is 4.79 Å². The minimum absolute atomic E-state index is 0.0221. The van der Waals surface area contributed by atoms with E-state index in [2.05, 4.69) is 22.6 Å². The Labute approximate surface area is 163 Å². The number of rotatable bonds is 3. The zero-order valence-corrected chi connectivity index (χ0v) is 16.5. The van der Waals surface area contributed by atoms with E-state index in [-0.39, 0.29) is 32.1 Å². The Bertz CT molecular complexity index is 925. The van der Waals surface area contributed by atoms with Crippen LogP contribution in [0, 0.1) is 15.2 Å². The van der Waals surface area contributed by atoms with Gasteiger partial charge in [0.2, 0.25) is 10.0 Å². The second kappa shape index (κ2) is 7.57. The minimum Gasteiger partial charge on any atom is -0.336 e. The lowest BCUT2D eigenvalue weighted by atomic mass is 10.2. The van der Waals surface area contributed by atoms with Gasteiger partial charge in [0, 0.05) is 35.3 Å². The Hall–Kier alpha value is -1.59. The Morgan fingerprint density at radius 1 is 0.962 bits per heavy atom. The number of sulfonamides is 1. The Morgan fingerprint density at radius 2 is 1.54 bits per heavy atom. The molecule has 26 heavy (non-hydrogen) atoms. The number of hydrogen-bond acceptors (Lipinski definition) is 3. The number of carbonyl (C=O) groups excluding carboxylic acids is 1. The molecule has 0 radical (unpaired) electrons. The van der Waals surface area contributed by atoms with E-state index in [0.29, 0.717) is 5.56 Å². The van der Waals surface area contributed by atoms with Gasteiger partial charge < -0.3 is 4.90 Å². The maximum absolute atomic E-state index is 13.9. The summed E-state index contributed by atoms with van der Waals surface area (Å²) in [4.78, 5) is 13.1. The quantitative estimate of drug-likeness (QED) is 0.620. The molecule has 0 N–H and O–H groups in total. The number of benzene rings is 2. The topological polar surface area (TPSA) is 57.7 Å². The number of halogens is 3. The third-order valence-corrected chi connectivity index (χ3v) is 6.74. The molecule has 0 saturated carbocycles. The van der Waals surface area contributed by atoms with Gasteiger partial charge in [0.05, 0.1) is 0 Å². The van der Waals surface area contributed by atoms with Crippen LogP contribution < -0.4 is 0 Å². The highest BCUT2D eigenvalue weighted by Gasteiger charge is 2.34. The van der Waals surface area contributed by atoms with Crippen molar-refractivity contribution in [1.82, 2.24) is 9.21 Å². The van der Waals surface area contributed by atoms with E-state index in [0.717, 1.165) is 26.1 Å². The highest BCUT2D eigenvalue weighted by molar-refractivity contribution is 14.1. The first-order valence-electron chi connectivity index (χ1n) is 7.80. The average Bonchev–Trinajstić information content (AvgIpc) is 2.61. The fourth-order valence-electron chi connectivity index (χ4n) is 2.79. The molecule has 2 aromatic carbocycles. The van der Waals surface area contributed by atoms with E-state index in [4.69, 9.17) is 0 Å². The summed E-state index contributed by atoms with van der Waals surface area (Å²) >= 11 is 2.11. The first-order chi connectivity index (χ1) is 12.3. The summed E-state index contributed by atoms with van der Waals surface area (Å²) in [6.45, 7) is 0.261. The molecule has 9 heteroatoms. The predicted octanol–water partition coefficient (Wildman–Crippen LogP) is 2.72. The molecule has 0 aromatic heterocycles. The van der Waals surface area contributed by atoms with Crippen LogP contribution in [-0.4, -0.2) is 49.7 Å². The molecule has 5 nitrogen and oxygen atoms in total. The number of amides is 1. The highest BCUT2D eigenvalue weighted by Crippen LogP contribution is 2.24.